The molecular weight excluding hydrogens is 400 g/mol. The highest BCUT2D eigenvalue weighted by Crippen LogP contribution is 2.30. The van der Waals surface area contributed by atoms with Gasteiger partial charge in [-0.15, -0.1) is 0 Å². The number of aromatic hydroxyl groups is 1. The minimum Gasteiger partial charge on any atom is -0.508 e. The van der Waals surface area contributed by atoms with Gasteiger partial charge in [0.25, 0.3) is 10.1 Å². The molecule has 30 heavy (non-hydrogen) atoms. The fraction of sp³-hybridized carbons (Fsp3) is 0.500. The number of ether oxygens (including phenoxy) is 1. The van der Waals surface area contributed by atoms with E-state index >= 15 is 0 Å². The van der Waals surface area contributed by atoms with Crippen molar-refractivity contribution < 1.29 is 22.8 Å². The first-order valence-corrected chi connectivity index (χ1v) is 12.4. The monoisotopic (exact) mass is 434 g/mol. The van der Waals surface area contributed by atoms with Gasteiger partial charge in [-0.25, -0.2) is 0 Å². The van der Waals surface area contributed by atoms with Crippen LogP contribution in [0.1, 0.15) is 76.7 Å². The van der Waals surface area contributed by atoms with E-state index in [1.165, 1.54) is 75.6 Å². The smallest absolute Gasteiger partial charge is 0.294 e. The zero-order valence-corrected chi connectivity index (χ0v) is 18.7. The van der Waals surface area contributed by atoms with E-state index < -0.39 is 10.1 Å². The number of benzene rings is 2. The van der Waals surface area contributed by atoms with E-state index in [1.807, 2.05) is 0 Å². The lowest BCUT2D eigenvalue weighted by atomic mass is 10.0. The first-order chi connectivity index (χ1) is 14.4. The molecule has 2 aromatic rings. The fourth-order valence-electron chi connectivity index (χ4n) is 3.44. The Morgan fingerprint density at radius 2 is 1.37 bits per heavy atom. The van der Waals surface area contributed by atoms with Crippen LogP contribution < -0.4 is 4.74 Å². The molecule has 166 valence electrons. The van der Waals surface area contributed by atoms with Crippen LogP contribution in [0.5, 0.6) is 17.2 Å². The van der Waals surface area contributed by atoms with Crippen LogP contribution in [0.25, 0.3) is 0 Å². The third-order valence-corrected chi connectivity index (χ3v) is 6.05. The molecule has 6 heteroatoms. The van der Waals surface area contributed by atoms with Gasteiger partial charge in [-0.1, -0.05) is 70.8 Å². The average Bonchev–Trinajstić information content (AvgIpc) is 2.71. The number of aryl methyl sites for hydroxylation is 1. The van der Waals surface area contributed by atoms with E-state index in [1.54, 1.807) is 18.2 Å². The minimum absolute atomic E-state index is 0.125. The minimum atomic E-state index is -4.31. The lowest BCUT2D eigenvalue weighted by Gasteiger charge is -2.13. The first-order valence-electron chi connectivity index (χ1n) is 11.0. The Hall–Kier alpha value is -2.05. The van der Waals surface area contributed by atoms with Crippen LogP contribution in [0, 0.1) is 0 Å². The lowest BCUT2D eigenvalue weighted by Crippen LogP contribution is -2.00. The predicted octanol–water partition coefficient (Wildman–Crippen LogP) is 6.89. The molecule has 0 radical (unpaired) electrons. The van der Waals surface area contributed by atoms with Gasteiger partial charge in [0.15, 0.2) is 0 Å². The van der Waals surface area contributed by atoms with Crippen molar-refractivity contribution in [2.75, 3.05) is 0 Å². The molecule has 0 aromatic heterocycles. The molecule has 0 fully saturated rings. The third kappa shape index (κ3) is 8.76. The van der Waals surface area contributed by atoms with Gasteiger partial charge in [-0.3, -0.25) is 4.55 Å². The van der Waals surface area contributed by atoms with E-state index in [4.69, 9.17) is 4.74 Å². The summed E-state index contributed by atoms with van der Waals surface area (Å²) >= 11 is 0. The summed E-state index contributed by atoms with van der Waals surface area (Å²) in [6.07, 6.45) is 13.3. The number of hydrogen-bond donors (Lipinski definition) is 2. The summed E-state index contributed by atoms with van der Waals surface area (Å²) in [5.41, 5.74) is 0.898. The first kappa shape index (κ1) is 24.2. The van der Waals surface area contributed by atoms with Crippen molar-refractivity contribution in [2.24, 2.45) is 0 Å². The van der Waals surface area contributed by atoms with Crippen LogP contribution in [0.4, 0.5) is 0 Å². The SMILES string of the molecule is CCCCCCCCCCCCc1ccc(S(=O)(=O)O)cc1Oc1ccc(O)cc1. The zero-order valence-electron chi connectivity index (χ0n) is 17.8. The molecule has 2 N–H and O–H groups in total. The molecule has 0 unspecified atom stereocenters. The summed E-state index contributed by atoms with van der Waals surface area (Å²) in [6, 6.07) is 10.7. The third-order valence-electron chi connectivity index (χ3n) is 5.20. The summed E-state index contributed by atoms with van der Waals surface area (Å²) in [5.74, 6) is 1.02. The van der Waals surface area contributed by atoms with E-state index in [0.29, 0.717) is 11.5 Å². The molecular formula is C24H34O5S. The van der Waals surface area contributed by atoms with Gasteiger partial charge in [0, 0.05) is 6.07 Å². The molecule has 5 nitrogen and oxygen atoms in total. The van der Waals surface area contributed by atoms with E-state index in [-0.39, 0.29) is 10.6 Å². The molecule has 0 aliphatic heterocycles. The van der Waals surface area contributed by atoms with Crippen LogP contribution in [-0.4, -0.2) is 18.1 Å². The quantitative estimate of drug-likeness (QED) is 0.250. The van der Waals surface area contributed by atoms with Gasteiger partial charge in [0.05, 0.1) is 4.90 Å². The number of hydrogen-bond acceptors (Lipinski definition) is 4. The second kappa shape index (κ2) is 12.6. The van der Waals surface area contributed by atoms with Crippen molar-refractivity contribution in [1.82, 2.24) is 0 Å². The Balaban J connectivity index is 1.89. The fourth-order valence-corrected chi connectivity index (χ4v) is 3.94. The molecule has 2 aromatic carbocycles. The number of unbranched alkanes of at least 4 members (excludes halogenated alkanes) is 9. The Kier molecular flexibility index (Phi) is 10.2. The molecule has 0 aliphatic carbocycles. The highest BCUT2D eigenvalue weighted by molar-refractivity contribution is 7.85. The molecule has 0 bridgehead atoms. The molecule has 0 saturated heterocycles. The van der Waals surface area contributed by atoms with E-state index in [0.717, 1.165) is 24.8 Å². The van der Waals surface area contributed by atoms with Crippen LogP contribution >= 0.6 is 0 Å². The maximum atomic E-state index is 11.5. The van der Waals surface area contributed by atoms with Gasteiger partial charge < -0.3 is 9.84 Å². The maximum Gasteiger partial charge on any atom is 0.294 e. The number of phenolic OH excluding ortho intramolecular Hbond substituents is 1. The molecule has 0 heterocycles. The predicted molar refractivity (Wildman–Crippen MR) is 120 cm³/mol. The summed E-state index contributed by atoms with van der Waals surface area (Å²) in [6.45, 7) is 2.23. The summed E-state index contributed by atoms with van der Waals surface area (Å²) in [4.78, 5) is -0.192. The van der Waals surface area contributed by atoms with Crippen molar-refractivity contribution in [1.29, 1.82) is 0 Å². The van der Waals surface area contributed by atoms with Gasteiger partial charge >= 0.3 is 0 Å². The lowest BCUT2D eigenvalue weighted by molar-refractivity contribution is 0.458. The second-order valence-electron chi connectivity index (χ2n) is 7.77. The van der Waals surface area contributed by atoms with Crippen molar-refractivity contribution in [3.8, 4) is 17.2 Å². The van der Waals surface area contributed by atoms with Gasteiger partial charge in [0.2, 0.25) is 0 Å². The summed E-state index contributed by atoms with van der Waals surface area (Å²) in [7, 11) is -4.31. The van der Waals surface area contributed by atoms with Gasteiger partial charge in [-0.2, -0.15) is 8.42 Å². The van der Waals surface area contributed by atoms with Crippen LogP contribution in [0.15, 0.2) is 47.4 Å². The van der Waals surface area contributed by atoms with Crippen molar-refractivity contribution in [3.05, 3.63) is 48.0 Å². The van der Waals surface area contributed by atoms with Crippen LogP contribution in [0.3, 0.4) is 0 Å². The molecule has 0 atom stereocenters. The highest BCUT2D eigenvalue weighted by atomic mass is 32.2. The Bertz CT molecular complexity index is 860. The number of phenols is 1. The van der Waals surface area contributed by atoms with E-state index in [9.17, 15) is 18.1 Å². The molecule has 0 amide bonds. The highest BCUT2D eigenvalue weighted by Gasteiger charge is 2.14. The average molecular weight is 435 g/mol. The summed E-state index contributed by atoms with van der Waals surface area (Å²) in [5, 5.41) is 9.42. The van der Waals surface area contributed by atoms with Crippen molar-refractivity contribution >= 4 is 10.1 Å². The van der Waals surface area contributed by atoms with Crippen LogP contribution in [0.2, 0.25) is 0 Å². The van der Waals surface area contributed by atoms with Crippen LogP contribution in [-0.2, 0) is 16.5 Å². The Labute approximate surface area is 180 Å². The van der Waals surface area contributed by atoms with Gasteiger partial charge in [-0.05, 0) is 48.7 Å². The van der Waals surface area contributed by atoms with Gasteiger partial charge in [0.1, 0.15) is 17.2 Å². The maximum absolute atomic E-state index is 11.5. The largest absolute Gasteiger partial charge is 0.508 e. The normalized spacial score (nSPS) is 11.5. The van der Waals surface area contributed by atoms with E-state index in [2.05, 4.69) is 6.92 Å². The summed E-state index contributed by atoms with van der Waals surface area (Å²) < 4.78 is 38.2. The molecule has 0 spiro atoms. The Morgan fingerprint density at radius 1 is 0.800 bits per heavy atom. The zero-order chi connectivity index (χ0) is 21.8. The second-order valence-corrected chi connectivity index (χ2v) is 9.19. The molecule has 0 saturated carbocycles. The standard InChI is InChI=1S/C24H34O5S/c1-2-3-4-5-6-7-8-9-10-11-12-20-13-18-23(30(26,27)28)19-24(20)29-22-16-14-21(25)15-17-22/h13-19,25H,2-12H2,1H3,(H,26,27,28). The molecule has 2 rings (SSSR count). The van der Waals surface area contributed by atoms with Crippen molar-refractivity contribution in [2.45, 2.75) is 82.4 Å². The Morgan fingerprint density at radius 3 is 1.93 bits per heavy atom. The van der Waals surface area contributed by atoms with Crippen molar-refractivity contribution in [3.63, 3.8) is 0 Å². The number of rotatable bonds is 14. The molecule has 0 aliphatic rings. The topological polar surface area (TPSA) is 83.8 Å².